The number of unbranched alkanes of at least 4 members (excludes halogenated alkanes) is 1. The van der Waals surface area contributed by atoms with Gasteiger partial charge in [0.25, 0.3) is 0 Å². The molecule has 0 spiro atoms. The van der Waals surface area contributed by atoms with Crippen molar-refractivity contribution in [3.63, 3.8) is 0 Å². The lowest BCUT2D eigenvalue weighted by Gasteiger charge is -2.32. The molecule has 1 aliphatic rings. The minimum atomic E-state index is 0.673. The molecule has 0 radical (unpaired) electrons. The number of rotatable bonds is 8. The maximum atomic E-state index is 5.53. The van der Waals surface area contributed by atoms with E-state index in [0.717, 1.165) is 23.5 Å². The summed E-state index contributed by atoms with van der Waals surface area (Å²) in [4.78, 5) is 6.32. The summed E-state index contributed by atoms with van der Waals surface area (Å²) in [6.07, 6.45) is 6.13. The second-order valence-corrected chi connectivity index (χ2v) is 8.68. The summed E-state index contributed by atoms with van der Waals surface area (Å²) in [5.74, 6) is 2.19. The van der Waals surface area contributed by atoms with Gasteiger partial charge < -0.3 is 19.4 Å². The smallest absolute Gasteiger partial charge is 0.161 e. The maximum Gasteiger partial charge on any atom is 0.161 e. The molecule has 2 heterocycles. The number of hydrogen-bond donors (Lipinski definition) is 1. The van der Waals surface area contributed by atoms with Crippen LogP contribution in [0, 0.1) is 0 Å². The number of nitrogens with one attached hydrogen (secondary N) is 1. The molecular formula is C27H36N2O2. The van der Waals surface area contributed by atoms with Crippen molar-refractivity contribution in [2.45, 2.75) is 51.9 Å². The van der Waals surface area contributed by atoms with E-state index in [-0.39, 0.29) is 0 Å². The van der Waals surface area contributed by atoms with Crippen LogP contribution in [0.25, 0.3) is 22.2 Å². The number of methoxy groups -OCH3 is 2. The number of ether oxygens (including phenoxy) is 2. The molecule has 0 bridgehead atoms. The van der Waals surface area contributed by atoms with Crippen LogP contribution in [0.4, 0.5) is 0 Å². The molecule has 0 amide bonds. The van der Waals surface area contributed by atoms with Crippen LogP contribution in [0.1, 0.15) is 56.6 Å². The summed E-state index contributed by atoms with van der Waals surface area (Å²) >= 11 is 0. The lowest BCUT2D eigenvalue weighted by atomic mass is 9.88. The van der Waals surface area contributed by atoms with Gasteiger partial charge in [-0.2, -0.15) is 0 Å². The number of aryl methyl sites for hydroxylation is 1. The van der Waals surface area contributed by atoms with Crippen LogP contribution >= 0.6 is 0 Å². The van der Waals surface area contributed by atoms with E-state index in [1.54, 1.807) is 14.2 Å². The SMILES string of the molecule is CCCCN1CCC(c2ccc3[nH]c(-c4ccc(OC)c(OC)c4)c(CC)c3c2)CC1. The van der Waals surface area contributed by atoms with Gasteiger partial charge in [-0.05, 0) is 92.7 Å². The number of aromatic nitrogens is 1. The molecule has 4 rings (SSSR count). The number of piperidine rings is 1. The standard InChI is InChI=1S/C27H36N2O2/c1-5-7-14-29-15-12-19(13-16-29)20-8-10-24-23(17-20)22(6-2)27(28-24)21-9-11-25(30-3)26(18-21)31-4/h8-11,17-19,28H,5-7,12-16H2,1-4H3. The van der Waals surface area contributed by atoms with Gasteiger partial charge in [-0.25, -0.2) is 0 Å². The molecule has 0 unspecified atom stereocenters. The largest absolute Gasteiger partial charge is 0.493 e. The Morgan fingerprint density at radius 1 is 0.968 bits per heavy atom. The summed E-state index contributed by atoms with van der Waals surface area (Å²) in [7, 11) is 3.36. The Kier molecular flexibility index (Phi) is 6.86. The van der Waals surface area contributed by atoms with Crippen LogP contribution in [0.3, 0.4) is 0 Å². The Morgan fingerprint density at radius 3 is 2.42 bits per heavy atom. The zero-order valence-corrected chi connectivity index (χ0v) is 19.5. The molecule has 31 heavy (non-hydrogen) atoms. The summed E-state index contributed by atoms with van der Waals surface area (Å²) in [6.45, 7) is 8.24. The first kappa shape index (κ1) is 21.8. The fourth-order valence-electron chi connectivity index (χ4n) is 5.00. The molecule has 3 aromatic rings. The van der Waals surface area contributed by atoms with Crippen molar-refractivity contribution in [2.75, 3.05) is 33.9 Å². The molecule has 2 aromatic carbocycles. The van der Waals surface area contributed by atoms with E-state index in [2.05, 4.69) is 54.1 Å². The van der Waals surface area contributed by atoms with Crippen molar-refractivity contribution in [1.82, 2.24) is 9.88 Å². The molecule has 4 heteroatoms. The van der Waals surface area contributed by atoms with Gasteiger partial charge in [0, 0.05) is 22.2 Å². The minimum Gasteiger partial charge on any atom is -0.493 e. The Balaban J connectivity index is 1.62. The number of nitrogens with zero attached hydrogens (tertiary/aromatic N) is 1. The maximum absolute atomic E-state index is 5.53. The number of benzene rings is 2. The molecule has 4 nitrogen and oxygen atoms in total. The van der Waals surface area contributed by atoms with E-state index in [9.17, 15) is 0 Å². The lowest BCUT2D eigenvalue weighted by Crippen LogP contribution is -2.33. The third-order valence-electron chi connectivity index (χ3n) is 6.84. The molecule has 166 valence electrons. The Bertz CT molecular complexity index is 1020. The second kappa shape index (κ2) is 9.78. The van der Waals surface area contributed by atoms with Gasteiger partial charge in [0.1, 0.15) is 0 Å². The van der Waals surface area contributed by atoms with E-state index < -0.39 is 0 Å². The average molecular weight is 421 g/mol. The Hall–Kier alpha value is -2.46. The van der Waals surface area contributed by atoms with Crippen molar-refractivity contribution in [2.24, 2.45) is 0 Å². The number of H-pyrrole nitrogens is 1. The molecular weight excluding hydrogens is 384 g/mol. The third kappa shape index (κ3) is 4.45. The van der Waals surface area contributed by atoms with Gasteiger partial charge in [-0.1, -0.05) is 26.3 Å². The highest BCUT2D eigenvalue weighted by atomic mass is 16.5. The normalized spacial score (nSPS) is 15.5. The highest BCUT2D eigenvalue weighted by Crippen LogP contribution is 2.38. The molecule has 1 saturated heterocycles. The zero-order valence-electron chi connectivity index (χ0n) is 19.5. The Labute approximate surface area is 186 Å². The number of hydrogen-bond acceptors (Lipinski definition) is 3. The van der Waals surface area contributed by atoms with Gasteiger partial charge in [0.15, 0.2) is 11.5 Å². The minimum absolute atomic E-state index is 0.673. The molecule has 1 fully saturated rings. The van der Waals surface area contributed by atoms with Crippen molar-refractivity contribution in [1.29, 1.82) is 0 Å². The first-order valence-corrected chi connectivity index (χ1v) is 11.8. The van der Waals surface area contributed by atoms with Gasteiger partial charge in [0.05, 0.1) is 14.2 Å². The van der Waals surface area contributed by atoms with Crippen LogP contribution in [0.2, 0.25) is 0 Å². The first-order chi connectivity index (χ1) is 15.2. The highest BCUT2D eigenvalue weighted by Gasteiger charge is 2.21. The predicted molar refractivity (Wildman–Crippen MR) is 130 cm³/mol. The second-order valence-electron chi connectivity index (χ2n) is 8.68. The van der Waals surface area contributed by atoms with Gasteiger partial charge in [0.2, 0.25) is 0 Å². The highest BCUT2D eigenvalue weighted by molar-refractivity contribution is 5.91. The fourth-order valence-corrected chi connectivity index (χ4v) is 5.00. The van der Waals surface area contributed by atoms with Crippen LogP contribution in [0.15, 0.2) is 36.4 Å². The van der Waals surface area contributed by atoms with Gasteiger partial charge in [-0.15, -0.1) is 0 Å². The predicted octanol–water partition coefficient (Wildman–Crippen LogP) is 6.39. The number of fused-ring (bicyclic) bond motifs is 1. The molecule has 0 aliphatic carbocycles. The number of likely N-dealkylation sites (tertiary alicyclic amines) is 1. The molecule has 1 aliphatic heterocycles. The number of aromatic amines is 1. The molecule has 1 N–H and O–H groups in total. The van der Waals surface area contributed by atoms with Crippen LogP contribution in [0.5, 0.6) is 11.5 Å². The lowest BCUT2D eigenvalue weighted by molar-refractivity contribution is 0.210. The fraction of sp³-hybridized carbons (Fsp3) is 0.481. The molecule has 0 saturated carbocycles. The summed E-state index contributed by atoms with van der Waals surface area (Å²) < 4.78 is 11.0. The van der Waals surface area contributed by atoms with E-state index in [0.29, 0.717) is 5.92 Å². The van der Waals surface area contributed by atoms with E-state index in [1.165, 1.54) is 73.0 Å². The van der Waals surface area contributed by atoms with Crippen LogP contribution in [-0.4, -0.2) is 43.7 Å². The van der Waals surface area contributed by atoms with Crippen LogP contribution in [-0.2, 0) is 6.42 Å². The Morgan fingerprint density at radius 2 is 1.74 bits per heavy atom. The third-order valence-corrected chi connectivity index (χ3v) is 6.84. The molecule has 1 aromatic heterocycles. The monoisotopic (exact) mass is 420 g/mol. The van der Waals surface area contributed by atoms with E-state index in [4.69, 9.17) is 9.47 Å². The zero-order chi connectivity index (χ0) is 21.8. The van der Waals surface area contributed by atoms with E-state index in [1.807, 2.05) is 6.07 Å². The summed E-state index contributed by atoms with van der Waals surface area (Å²) in [5, 5.41) is 1.36. The van der Waals surface area contributed by atoms with Gasteiger partial charge >= 0.3 is 0 Å². The van der Waals surface area contributed by atoms with Gasteiger partial charge in [-0.3, -0.25) is 0 Å². The summed E-state index contributed by atoms with van der Waals surface area (Å²) in [6, 6.07) is 13.2. The average Bonchev–Trinajstić information content (AvgIpc) is 3.20. The first-order valence-electron chi connectivity index (χ1n) is 11.8. The topological polar surface area (TPSA) is 37.5 Å². The van der Waals surface area contributed by atoms with E-state index >= 15 is 0 Å². The summed E-state index contributed by atoms with van der Waals surface area (Å²) in [5.41, 5.74) is 6.41. The van der Waals surface area contributed by atoms with Crippen molar-refractivity contribution in [3.05, 3.63) is 47.5 Å². The van der Waals surface area contributed by atoms with Crippen LogP contribution < -0.4 is 9.47 Å². The van der Waals surface area contributed by atoms with Crippen molar-refractivity contribution >= 4 is 10.9 Å². The van der Waals surface area contributed by atoms with Crippen molar-refractivity contribution < 1.29 is 9.47 Å². The van der Waals surface area contributed by atoms with Crippen molar-refractivity contribution in [3.8, 4) is 22.8 Å². The quantitative estimate of drug-likeness (QED) is 0.458. The molecule has 0 atom stereocenters.